The molecule has 0 radical (unpaired) electrons. The Morgan fingerprint density at radius 2 is 2.00 bits per heavy atom. The Morgan fingerprint density at radius 1 is 1.19 bits per heavy atom. The Labute approximate surface area is 158 Å². The molecule has 0 aliphatic carbocycles. The fraction of sp³-hybridized carbons (Fsp3) is 0.421. The maximum Gasteiger partial charge on any atom is 0.252 e. The third-order valence-corrected chi connectivity index (χ3v) is 8.51. The van der Waals surface area contributed by atoms with Crippen molar-refractivity contribution in [3.8, 4) is 0 Å². The predicted molar refractivity (Wildman–Crippen MR) is 103 cm³/mol. The van der Waals surface area contributed by atoms with Crippen molar-refractivity contribution in [1.82, 2.24) is 4.31 Å². The van der Waals surface area contributed by atoms with Crippen molar-refractivity contribution in [1.29, 1.82) is 0 Å². The van der Waals surface area contributed by atoms with E-state index in [-0.39, 0.29) is 24.4 Å². The topological polar surface area (TPSA) is 57.7 Å². The monoisotopic (exact) mass is 390 g/mol. The highest BCUT2D eigenvalue weighted by molar-refractivity contribution is 7.91. The van der Waals surface area contributed by atoms with E-state index >= 15 is 0 Å². The van der Waals surface area contributed by atoms with Gasteiger partial charge in [-0.2, -0.15) is 4.31 Å². The Bertz CT molecular complexity index is 909. The van der Waals surface area contributed by atoms with Crippen LogP contribution in [0.15, 0.2) is 46.0 Å². The number of hydrogen-bond acceptors (Lipinski definition) is 4. The first-order valence-corrected chi connectivity index (χ1v) is 11.2. The summed E-state index contributed by atoms with van der Waals surface area (Å²) in [5.41, 5.74) is 2.16. The van der Waals surface area contributed by atoms with Crippen LogP contribution in [0.1, 0.15) is 25.3 Å². The number of thiophene rings is 1. The van der Waals surface area contributed by atoms with Crippen LogP contribution < -0.4 is 4.90 Å². The molecule has 0 N–H and O–H groups in total. The molecule has 2 atom stereocenters. The standard InChI is InChI=1S/C19H22N2O3S2/c1-14-12-15-6-2-3-8-17(15)21(14)19(22)16-7-4-10-20(13-16)26(23,24)18-9-5-11-25-18/h2-3,5-6,8-9,11,14,16H,4,7,10,12-13H2,1H3/t14-,16-/m0/s1. The number of nitrogens with zero attached hydrogens (tertiary/aromatic N) is 2. The van der Waals surface area contributed by atoms with Crippen molar-refractivity contribution in [2.45, 2.75) is 36.4 Å². The quantitative estimate of drug-likeness (QED) is 0.809. The molecular formula is C19H22N2O3S2. The van der Waals surface area contributed by atoms with Crippen LogP contribution >= 0.6 is 11.3 Å². The second-order valence-corrected chi connectivity index (χ2v) is 10.1. The number of anilines is 1. The van der Waals surface area contributed by atoms with Crippen molar-refractivity contribution in [2.75, 3.05) is 18.0 Å². The van der Waals surface area contributed by atoms with Gasteiger partial charge in [0.15, 0.2) is 0 Å². The van der Waals surface area contributed by atoms with Gasteiger partial charge in [0.1, 0.15) is 4.21 Å². The minimum Gasteiger partial charge on any atom is -0.309 e. The van der Waals surface area contributed by atoms with Gasteiger partial charge in [0.2, 0.25) is 5.91 Å². The summed E-state index contributed by atoms with van der Waals surface area (Å²) in [6, 6.07) is 11.5. The van der Waals surface area contributed by atoms with Gasteiger partial charge in [-0.15, -0.1) is 11.3 Å². The summed E-state index contributed by atoms with van der Waals surface area (Å²) < 4.78 is 27.5. The molecule has 3 heterocycles. The van der Waals surface area contributed by atoms with E-state index in [1.807, 2.05) is 23.1 Å². The molecule has 2 aliphatic heterocycles. The molecule has 1 aromatic heterocycles. The molecule has 7 heteroatoms. The molecule has 0 saturated carbocycles. The number of fused-ring (bicyclic) bond motifs is 1. The number of hydrogen-bond donors (Lipinski definition) is 0. The molecule has 2 aromatic rings. The van der Waals surface area contributed by atoms with E-state index in [0.717, 1.165) is 18.5 Å². The van der Waals surface area contributed by atoms with Crippen molar-refractivity contribution in [3.63, 3.8) is 0 Å². The van der Waals surface area contributed by atoms with Gasteiger partial charge in [-0.3, -0.25) is 4.79 Å². The summed E-state index contributed by atoms with van der Waals surface area (Å²) in [5.74, 6) is -0.236. The lowest BCUT2D eigenvalue weighted by atomic mass is 9.97. The lowest BCUT2D eigenvalue weighted by Crippen LogP contribution is -2.48. The molecule has 0 unspecified atom stereocenters. The average Bonchev–Trinajstić information content (AvgIpc) is 3.29. The molecule has 2 aliphatic rings. The summed E-state index contributed by atoms with van der Waals surface area (Å²) in [7, 11) is -3.50. The molecule has 1 fully saturated rings. The minimum atomic E-state index is -3.50. The molecule has 0 spiro atoms. The molecule has 26 heavy (non-hydrogen) atoms. The van der Waals surface area contributed by atoms with Crippen molar-refractivity contribution < 1.29 is 13.2 Å². The Hall–Kier alpha value is -1.70. The van der Waals surface area contributed by atoms with Crippen LogP contribution in [0.5, 0.6) is 0 Å². The fourth-order valence-corrected chi connectivity index (χ4v) is 6.67. The maximum absolute atomic E-state index is 13.2. The van der Waals surface area contributed by atoms with E-state index in [4.69, 9.17) is 0 Å². The Morgan fingerprint density at radius 3 is 2.77 bits per heavy atom. The molecule has 1 amide bonds. The minimum absolute atomic E-state index is 0.0496. The highest BCUT2D eigenvalue weighted by Gasteiger charge is 2.39. The van der Waals surface area contributed by atoms with Gasteiger partial charge in [-0.1, -0.05) is 24.3 Å². The van der Waals surface area contributed by atoms with Crippen LogP contribution in [0.25, 0.3) is 0 Å². The Kier molecular flexibility index (Phi) is 4.62. The second kappa shape index (κ2) is 6.79. The van der Waals surface area contributed by atoms with Crippen molar-refractivity contribution in [2.24, 2.45) is 5.92 Å². The fourth-order valence-electron chi connectivity index (χ4n) is 4.00. The van der Waals surface area contributed by atoms with Gasteiger partial charge in [-0.25, -0.2) is 8.42 Å². The number of benzene rings is 1. The first-order chi connectivity index (χ1) is 12.5. The zero-order valence-corrected chi connectivity index (χ0v) is 16.3. The number of carbonyl (C=O) groups is 1. The lowest BCUT2D eigenvalue weighted by Gasteiger charge is -2.34. The number of amides is 1. The molecule has 0 bridgehead atoms. The smallest absolute Gasteiger partial charge is 0.252 e. The van der Waals surface area contributed by atoms with Gasteiger partial charge in [0, 0.05) is 24.8 Å². The molecule has 1 saturated heterocycles. The average molecular weight is 391 g/mol. The number of piperidine rings is 1. The number of sulfonamides is 1. The summed E-state index contributed by atoms with van der Waals surface area (Å²) in [6.45, 7) is 2.81. The van der Waals surface area contributed by atoms with E-state index < -0.39 is 10.0 Å². The van der Waals surface area contributed by atoms with Gasteiger partial charge < -0.3 is 4.90 Å². The maximum atomic E-state index is 13.2. The molecule has 1 aromatic carbocycles. The van der Waals surface area contributed by atoms with Crippen LogP contribution in [-0.2, 0) is 21.2 Å². The van der Waals surface area contributed by atoms with Gasteiger partial charge in [0.25, 0.3) is 10.0 Å². The van der Waals surface area contributed by atoms with E-state index in [0.29, 0.717) is 17.2 Å². The van der Waals surface area contributed by atoms with Crippen LogP contribution in [0.3, 0.4) is 0 Å². The van der Waals surface area contributed by atoms with Crippen molar-refractivity contribution >= 4 is 33.0 Å². The van der Waals surface area contributed by atoms with Crippen LogP contribution in [-0.4, -0.2) is 37.8 Å². The van der Waals surface area contributed by atoms with E-state index in [2.05, 4.69) is 13.0 Å². The summed E-state index contributed by atoms with van der Waals surface area (Å²) in [4.78, 5) is 15.1. The summed E-state index contributed by atoms with van der Waals surface area (Å²) >= 11 is 1.22. The molecular weight excluding hydrogens is 368 g/mol. The van der Waals surface area contributed by atoms with Crippen LogP contribution in [0.2, 0.25) is 0 Å². The van der Waals surface area contributed by atoms with Gasteiger partial charge >= 0.3 is 0 Å². The van der Waals surface area contributed by atoms with Crippen molar-refractivity contribution in [3.05, 3.63) is 47.3 Å². The number of rotatable bonds is 3. The summed E-state index contributed by atoms with van der Waals surface area (Å²) in [6.07, 6.45) is 2.30. The largest absolute Gasteiger partial charge is 0.309 e. The van der Waals surface area contributed by atoms with Crippen LogP contribution in [0, 0.1) is 5.92 Å². The zero-order valence-electron chi connectivity index (χ0n) is 14.7. The van der Waals surface area contributed by atoms with Gasteiger partial charge in [-0.05, 0) is 49.3 Å². The summed E-state index contributed by atoms with van der Waals surface area (Å²) in [5, 5.41) is 1.77. The normalized spacial score (nSPS) is 23.8. The first kappa shape index (κ1) is 17.7. The first-order valence-electron chi connectivity index (χ1n) is 8.93. The highest BCUT2D eigenvalue weighted by Crippen LogP contribution is 2.35. The third kappa shape index (κ3) is 2.98. The van der Waals surface area contributed by atoms with E-state index in [1.165, 1.54) is 21.2 Å². The van der Waals surface area contributed by atoms with Gasteiger partial charge in [0.05, 0.1) is 5.92 Å². The SMILES string of the molecule is C[C@H]1Cc2ccccc2N1C(=O)[C@H]1CCCN(S(=O)(=O)c2cccs2)C1. The molecule has 4 rings (SSSR count). The van der Waals surface area contributed by atoms with Crippen LogP contribution in [0.4, 0.5) is 5.69 Å². The molecule has 5 nitrogen and oxygen atoms in total. The number of para-hydroxylation sites is 1. The second-order valence-electron chi connectivity index (χ2n) is 7.02. The highest BCUT2D eigenvalue weighted by atomic mass is 32.2. The lowest BCUT2D eigenvalue weighted by molar-refractivity contribution is -0.123. The Balaban J connectivity index is 1.56. The predicted octanol–water partition coefficient (Wildman–Crippen LogP) is 3.13. The van der Waals surface area contributed by atoms with E-state index in [1.54, 1.807) is 17.5 Å². The number of carbonyl (C=O) groups excluding carboxylic acids is 1. The van der Waals surface area contributed by atoms with E-state index in [9.17, 15) is 13.2 Å². The zero-order chi connectivity index (χ0) is 18.3. The molecule has 138 valence electrons. The third-order valence-electron chi connectivity index (χ3n) is 5.27.